The molecule has 0 aliphatic rings. The Morgan fingerprint density at radius 3 is 2.69 bits per heavy atom. The highest BCUT2D eigenvalue weighted by atomic mass is 16.4. The molecule has 0 fully saturated rings. The molecule has 0 saturated heterocycles. The van der Waals surface area contributed by atoms with Crippen molar-refractivity contribution in [3.05, 3.63) is 40.2 Å². The zero-order chi connectivity index (χ0) is 11.7. The average molecular weight is 220 g/mol. The SMILES string of the molecule is O=C(CO)c1c(O)c(=O)oc2ccccc12. The van der Waals surface area contributed by atoms with Crippen molar-refractivity contribution in [3.8, 4) is 5.75 Å². The van der Waals surface area contributed by atoms with Crippen molar-refractivity contribution in [2.45, 2.75) is 0 Å². The lowest BCUT2D eigenvalue weighted by molar-refractivity contribution is 0.0902. The number of hydrogen-bond acceptors (Lipinski definition) is 5. The lowest BCUT2D eigenvalue weighted by Crippen LogP contribution is -2.11. The van der Waals surface area contributed by atoms with Gasteiger partial charge >= 0.3 is 5.63 Å². The number of aliphatic hydroxyl groups is 1. The van der Waals surface area contributed by atoms with Crippen molar-refractivity contribution in [2.24, 2.45) is 0 Å². The number of carbonyl (C=O) groups is 1. The Kier molecular flexibility index (Phi) is 2.46. The van der Waals surface area contributed by atoms with Crippen LogP contribution in [0.4, 0.5) is 0 Å². The lowest BCUT2D eigenvalue weighted by atomic mass is 10.1. The van der Waals surface area contributed by atoms with E-state index in [-0.39, 0.29) is 11.1 Å². The van der Waals surface area contributed by atoms with E-state index in [9.17, 15) is 14.7 Å². The number of hydrogen-bond donors (Lipinski definition) is 2. The van der Waals surface area contributed by atoms with Gasteiger partial charge in [-0.3, -0.25) is 4.79 Å². The summed E-state index contributed by atoms with van der Waals surface area (Å²) in [6.45, 7) is -0.777. The van der Waals surface area contributed by atoms with Gasteiger partial charge in [-0.15, -0.1) is 0 Å². The Morgan fingerprint density at radius 2 is 2.00 bits per heavy atom. The van der Waals surface area contributed by atoms with Gasteiger partial charge in [0.05, 0.1) is 5.56 Å². The second-order valence-electron chi connectivity index (χ2n) is 3.19. The van der Waals surface area contributed by atoms with Gasteiger partial charge < -0.3 is 14.6 Å². The highest BCUT2D eigenvalue weighted by Crippen LogP contribution is 2.23. The number of aromatic hydroxyl groups is 1. The molecule has 0 aliphatic carbocycles. The molecule has 1 heterocycles. The van der Waals surface area contributed by atoms with Gasteiger partial charge in [0.2, 0.25) is 5.75 Å². The summed E-state index contributed by atoms with van der Waals surface area (Å²) in [5.74, 6) is -1.49. The van der Waals surface area contributed by atoms with E-state index in [0.717, 1.165) is 0 Å². The second-order valence-corrected chi connectivity index (χ2v) is 3.19. The molecule has 0 unspecified atom stereocenters. The minimum atomic E-state index is -0.990. The normalized spacial score (nSPS) is 10.6. The molecule has 0 aliphatic heterocycles. The van der Waals surface area contributed by atoms with Crippen LogP contribution in [0.1, 0.15) is 10.4 Å². The van der Waals surface area contributed by atoms with Crippen LogP contribution in [0.25, 0.3) is 11.0 Å². The third-order valence-electron chi connectivity index (χ3n) is 2.21. The summed E-state index contributed by atoms with van der Waals surface area (Å²) in [5, 5.41) is 18.5. The summed E-state index contributed by atoms with van der Waals surface area (Å²) in [6.07, 6.45) is 0. The van der Waals surface area contributed by atoms with Gasteiger partial charge in [0, 0.05) is 5.39 Å². The molecule has 0 bridgehead atoms. The van der Waals surface area contributed by atoms with Crippen LogP contribution < -0.4 is 5.63 Å². The van der Waals surface area contributed by atoms with Crippen LogP contribution in [-0.4, -0.2) is 22.6 Å². The van der Waals surface area contributed by atoms with Gasteiger partial charge in [0.15, 0.2) is 5.78 Å². The predicted molar refractivity (Wildman–Crippen MR) is 55.6 cm³/mol. The molecule has 0 atom stereocenters. The van der Waals surface area contributed by atoms with Gasteiger partial charge in [-0.25, -0.2) is 4.79 Å². The third kappa shape index (κ3) is 1.47. The lowest BCUT2D eigenvalue weighted by Gasteiger charge is -2.04. The zero-order valence-corrected chi connectivity index (χ0v) is 8.14. The Bertz CT molecular complexity index is 611. The van der Waals surface area contributed by atoms with Crippen LogP contribution in [0.2, 0.25) is 0 Å². The Morgan fingerprint density at radius 1 is 1.31 bits per heavy atom. The molecule has 82 valence electrons. The second kappa shape index (κ2) is 3.79. The fourth-order valence-corrected chi connectivity index (χ4v) is 1.50. The number of ketones is 1. The minimum Gasteiger partial charge on any atom is -0.501 e. The van der Waals surface area contributed by atoms with Crippen LogP contribution in [0, 0.1) is 0 Å². The zero-order valence-electron chi connectivity index (χ0n) is 8.14. The van der Waals surface area contributed by atoms with Crippen LogP contribution in [0.3, 0.4) is 0 Å². The first-order valence-corrected chi connectivity index (χ1v) is 4.54. The number of Topliss-reactive ketones (excluding diaryl/α,β-unsaturated/α-hetero) is 1. The van der Waals surface area contributed by atoms with E-state index in [4.69, 9.17) is 9.52 Å². The number of para-hydroxylation sites is 1. The molecule has 0 amide bonds. The van der Waals surface area contributed by atoms with Crippen molar-refractivity contribution < 1.29 is 19.4 Å². The fraction of sp³-hybridized carbons (Fsp3) is 0.0909. The Hall–Kier alpha value is -2.14. The third-order valence-corrected chi connectivity index (χ3v) is 2.21. The molecular weight excluding hydrogens is 212 g/mol. The highest BCUT2D eigenvalue weighted by Gasteiger charge is 2.18. The van der Waals surface area contributed by atoms with E-state index in [0.29, 0.717) is 5.39 Å². The van der Waals surface area contributed by atoms with Crippen molar-refractivity contribution in [3.63, 3.8) is 0 Å². The van der Waals surface area contributed by atoms with E-state index >= 15 is 0 Å². The van der Waals surface area contributed by atoms with E-state index in [2.05, 4.69) is 0 Å². The van der Waals surface area contributed by atoms with Crippen molar-refractivity contribution >= 4 is 16.8 Å². The van der Waals surface area contributed by atoms with Crippen LogP contribution in [0.15, 0.2) is 33.5 Å². The van der Waals surface area contributed by atoms with Crippen LogP contribution in [-0.2, 0) is 0 Å². The van der Waals surface area contributed by atoms with Gasteiger partial charge in [-0.05, 0) is 6.07 Å². The Balaban J connectivity index is 2.92. The largest absolute Gasteiger partial charge is 0.501 e. The molecule has 1 aromatic heterocycles. The van der Waals surface area contributed by atoms with E-state index in [1.54, 1.807) is 12.1 Å². The van der Waals surface area contributed by atoms with Gasteiger partial charge in [0.25, 0.3) is 0 Å². The van der Waals surface area contributed by atoms with E-state index in [1.807, 2.05) is 0 Å². The predicted octanol–water partition coefficient (Wildman–Crippen LogP) is 0.674. The molecule has 0 saturated carbocycles. The average Bonchev–Trinajstić information content (AvgIpc) is 2.30. The summed E-state index contributed by atoms with van der Waals surface area (Å²) >= 11 is 0. The maximum atomic E-state index is 11.4. The number of rotatable bonds is 2. The number of fused-ring (bicyclic) bond motifs is 1. The molecule has 16 heavy (non-hydrogen) atoms. The molecule has 0 spiro atoms. The molecule has 2 rings (SSSR count). The summed E-state index contributed by atoms with van der Waals surface area (Å²) in [6, 6.07) is 6.30. The maximum Gasteiger partial charge on any atom is 0.379 e. The molecule has 2 aromatic rings. The number of aliphatic hydroxyl groups excluding tert-OH is 1. The highest BCUT2D eigenvalue weighted by molar-refractivity contribution is 6.09. The summed E-state index contributed by atoms with van der Waals surface area (Å²) in [7, 11) is 0. The minimum absolute atomic E-state index is 0.196. The van der Waals surface area contributed by atoms with Crippen molar-refractivity contribution in [1.82, 2.24) is 0 Å². The van der Waals surface area contributed by atoms with Crippen LogP contribution >= 0.6 is 0 Å². The van der Waals surface area contributed by atoms with Gasteiger partial charge in [-0.1, -0.05) is 18.2 Å². The summed E-state index contributed by atoms with van der Waals surface area (Å²) < 4.78 is 4.79. The first-order chi connectivity index (χ1) is 7.65. The molecule has 5 nitrogen and oxygen atoms in total. The van der Waals surface area contributed by atoms with Crippen molar-refractivity contribution in [1.29, 1.82) is 0 Å². The van der Waals surface area contributed by atoms with E-state index in [1.165, 1.54) is 12.1 Å². The molecular formula is C11H8O5. The standard InChI is InChI=1S/C11H8O5/c12-5-7(13)9-6-3-1-2-4-8(6)16-11(15)10(9)14/h1-4,12,14H,5H2. The monoisotopic (exact) mass is 220 g/mol. The topological polar surface area (TPSA) is 87.7 Å². The first-order valence-electron chi connectivity index (χ1n) is 4.54. The van der Waals surface area contributed by atoms with Gasteiger partial charge in [0.1, 0.15) is 12.2 Å². The molecule has 2 N–H and O–H groups in total. The van der Waals surface area contributed by atoms with Crippen LogP contribution in [0.5, 0.6) is 5.75 Å². The molecule has 1 aromatic carbocycles. The van der Waals surface area contributed by atoms with E-state index < -0.39 is 23.8 Å². The Labute approximate surface area is 89.6 Å². The number of carbonyl (C=O) groups excluding carboxylic acids is 1. The molecule has 5 heteroatoms. The summed E-state index contributed by atoms with van der Waals surface area (Å²) in [5.41, 5.74) is -0.994. The number of benzene rings is 1. The quantitative estimate of drug-likeness (QED) is 0.573. The molecule has 0 radical (unpaired) electrons. The maximum absolute atomic E-state index is 11.4. The van der Waals surface area contributed by atoms with Gasteiger partial charge in [-0.2, -0.15) is 0 Å². The summed E-state index contributed by atoms with van der Waals surface area (Å²) in [4.78, 5) is 22.6. The fourth-order valence-electron chi connectivity index (χ4n) is 1.50. The van der Waals surface area contributed by atoms with Crippen molar-refractivity contribution in [2.75, 3.05) is 6.61 Å². The smallest absolute Gasteiger partial charge is 0.379 e. The first kappa shape index (κ1) is 10.4.